The molecule has 0 bridgehead atoms. The van der Waals surface area contributed by atoms with Crippen molar-refractivity contribution in [3.05, 3.63) is 5.56 Å². The van der Waals surface area contributed by atoms with Crippen molar-refractivity contribution in [2.75, 3.05) is 12.3 Å². The Morgan fingerprint density at radius 2 is 2.62 bits per heavy atom. The van der Waals surface area contributed by atoms with Crippen LogP contribution in [0.2, 0.25) is 0 Å². The molecule has 0 fully saturated rings. The van der Waals surface area contributed by atoms with Gasteiger partial charge < -0.3 is 15.0 Å². The molecule has 0 unspecified atom stereocenters. The molecule has 68 valence electrons. The number of nitrogens with zero attached hydrogens (tertiary/aromatic N) is 3. The molecular formula is C7H8N4O2. The highest BCUT2D eigenvalue weighted by Gasteiger charge is 2.11. The van der Waals surface area contributed by atoms with Crippen molar-refractivity contribution in [1.82, 2.24) is 5.16 Å². The minimum atomic E-state index is 0.0335. The van der Waals surface area contributed by atoms with Crippen molar-refractivity contribution in [1.29, 1.82) is 5.26 Å². The van der Waals surface area contributed by atoms with Gasteiger partial charge in [-0.3, -0.25) is 0 Å². The molecule has 0 spiro atoms. The molecule has 6 heteroatoms. The molecule has 13 heavy (non-hydrogen) atoms. The normalized spacial score (nSPS) is 10.2. The quantitative estimate of drug-likeness (QED) is 0.548. The highest BCUT2D eigenvalue weighted by atomic mass is 16.5. The van der Waals surface area contributed by atoms with Crippen LogP contribution in [-0.2, 0) is 4.74 Å². The van der Waals surface area contributed by atoms with Crippen LogP contribution in [0.15, 0.2) is 9.52 Å². The van der Waals surface area contributed by atoms with E-state index >= 15 is 0 Å². The van der Waals surface area contributed by atoms with Gasteiger partial charge in [-0.25, -0.2) is 0 Å². The number of aliphatic imine (C=N–C) groups is 1. The van der Waals surface area contributed by atoms with Crippen LogP contribution in [0, 0.1) is 11.3 Å². The Bertz CT molecular complexity index is 350. The van der Waals surface area contributed by atoms with Crippen molar-refractivity contribution in [2.45, 2.75) is 6.92 Å². The molecule has 1 aromatic heterocycles. The van der Waals surface area contributed by atoms with Gasteiger partial charge in [-0.15, -0.1) is 0 Å². The standard InChI is InChI=1S/C7H8N4O2/c1-2-12-4-10-7-5(3-8)6(9)11-13-7/h4H,2H2,1H3,(H2,9,11)/b10-4+. The Morgan fingerprint density at radius 1 is 1.85 bits per heavy atom. The van der Waals surface area contributed by atoms with Crippen LogP contribution in [0.3, 0.4) is 0 Å². The summed E-state index contributed by atoms with van der Waals surface area (Å²) in [6.07, 6.45) is 1.18. The average Bonchev–Trinajstić information content (AvgIpc) is 2.47. The lowest BCUT2D eigenvalue weighted by Crippen LogP contribution is -1.87. The van der Waals surface area contributed by atoms with Gasteiger partial charge in [-0.2, -0.15) is 10.3 Å². The maximum atomic E-state index is 8.60. The maximum Gasteiger partial charge on any atom is 0.273 e. The number of ether oxygens (including phenoxy) is 1. The number of aromatic nitrogens is 1. The van der Waals surface area contributed by atoms with E-state index in [0.29, 0.717) is 6.61 Å². The minimum absolute atomic E-state index is 0.0335. The first-order valence-corrected chi connectivity index (χ1v) is 3.59. The monoisotopic (exact) mass is 180 g/mol. The van der Waals surface area contributed by atoms with Gasteiger partial charge in [0.2, 0.25) is 0 Å². The molecular weight excluding hydrogens is 172 g/mol. The molecule has 0 aliphatic heterocycles. The first-order valence-electron chi connectivity index (χ1n) is 3.59. The van der Waals surface area contributed by atoms with Crippen LogP contribution in [-0.4, -0.2) is 18.2 Å². The molecule has 1 heterocycles. The summed E-state index contributed by atoms with van der Waals surface area (Å²) in [5.41, 5.74) is 5.44. The van der Waals surface area contributed by atoms with E-state index in [-0.39, 0.29) is 17.3 Å². The fourth-order valence-corrected chi connectivity index (χ4v) is 0.646. The fraction of sp³-hybridized carbons (Fsp3) is 0.286. The second-order valence-electron chi connectivity index (χ2n) is 2.05. The van der Waals surface area contributed by atoms with Crippen LogP contribution < -0.4 is 5.73 Å². The molecule has 0 radical (unpaired) electrons. The van der Waals surface area contributed by atoms with E-state index in [4.69, 9.17) is 15.7 Å². The van der Waals surface area contributed by atoms with Crippen LogP contribution >= 0.6 is 0 Å². The van der Waals surface area contributed by atoms with E-state index in [2.05, 4.69) is 14.7 Å². The van der Waals surface area contributed by atoms with E-state index in [1.54, 1.807) is 0 Å². The molecule has 1 aromatic rings. The molecule has 2 N–H and O–H groups in total. The number of hydrogen-bond acceptors (Lipinski definition) is 6. The van der Waals surface area contributed by atoms with E-state index in [1.807, 2.05) is 13.0 Å². The number of nitrogen functional groups attached to an aromatic ring is 1. The van der Waals surface area contributed by atoms with Crippen LogP contribution in [0.5, 0.6) is 0 Å². The summed E-state index contributed by atoms with van der Waals surface area (Å²) in [4.78, 5) is 3.71. The Morgan fingerprint density at radius 3 is 3.23 bits per heavy atom. The SMILES string of the molecule is CCO/C=N/c1onc(N)c1C#N. The van der Waals surface area contributed by atoms with Crippen molar-refractivity contribution in [2.24, 2.45) is 4.99 Å². The van der Waals surface area contributed by atoms with E-state index in [0.717, 1.165) is 0 Å². The Kier molecular flexibility index (Phi) is 2.87. The molecule has 1 rings (SSSR count). The number of nitriles is 1. The van der Waals surface area contributed by atoms with Gasteiger partial charge in [0.15, 0.2) is 17.8 Å². The van der Waals surface area contributed by atoms with E-state index in [9.17, 15) is 0 Å². The number of nitrogens with two attached hydrogens (primary N) is 1. The smallest absolute Gasteiger partial charge is 0.273 e. The van der Waals surface area contributed by atoms with Gasteiger partial charge in [0, 0.05) is 0 Å². The molecule has 0 saturated heterocycles. The molecule has 6 nitrogen and oxygen atoms in total. The number of anilines is 1. The maximum absolute atomic E-state index is 8.60. The van der Waals surface area contributed by atoms with Crippen LogP contribution in [0.4, 0.5) is 11.7 Å². The summed E-state index contributed by atoms with van der Waals surface area (Å²) in [5, 5.41) is 12.0. The zero-order valence-electron chi connectivity index (χ0n) is 7.02. The summed E-state index contributed by atoms with van der Waals surface area (Å²) in [7, 11) is 0. The van der Waals surface area contributed by atoms with Crippen LogP contribution in [0.1, 0.15) is 12.5 Å². The third-order valence-electron chi connectivity index (χ3n) is 1.22. The zero-order chi connectivity index (χ0) is 9.68. The number of rotatable bonds is 3. The van der Waals surface area contributed by atoms with Crippen molar-refractivity contribution in [3.8, 4) is 6.07 Å². The third-order valence-corrected chi connectivity index (χ3v) is 1.22. The average molecular weight is 180 g/mol. The lowest BCUT2D eigenvalue weighted by Gasteiger charge is -1.89. The molecule has 0 amide bonds. The van der Waals surface area contributed by atoms with E-state index in [1.165, 1.54) is 6.40 Å². The van der Waals surface area contributed by atoms with Crippen molar-refractivity contribution < 1.29 is 9.26 Å². The van der Waals surface area contributed by atoms with Crippen LogP contribution in [0.25, 0.3) is 0 Å². The van der Waals surface area contributed by atoms with Crippen molar-refractivity contribution in [3.63, 3.8) is 0 Å². The summed E-state index contributed by atoms with van der Waals surface area (Å²) < 4.78 is 9.47. The number of hydrogen-bond donors (Lipinski definition) is 1. The first-order chi connectivity index (χ1) is 6.29. The topological polar surface area (TPSA) is 97.4 Å². The second-order valence-corrected chi connectivity index (χ2v) is 2.05. The van der Waals surface area contributed by atoms with Gasteiger partial charge in [0.1, 0.15) is 6.07 Å². The fourth-order valence-electron chi connectivity index (χ4n) is 0.646. The highest BCUT2D eigenvalue weighted by molar-refractivity contribution is 5.63. The molecule has 0 atom stereocenters. The first kappa shape index (κ1) is 9.06. The summed E-state index contributed by atoms with van der Waals surface area (Å²) >= 11 is 0. The Labute approximate surface area is 74.6 Å². The summed E-state index contributed by atoms with van der Waals surface area (Å²) in [6.45, 7) is 2.31. The van der Waals surface area contributed by atoms with E-state index < -0.39 is 0 Å². The lowest BCUT2D eigenvalue weighted by molar-refractivity contribution is 0.342. The predicted octanol–water partition coefficient (Wildman–Crippen LogP) is 0.825. The summed E-state index contributed by atoms with van der Waals surface area (Å²) in [6, 6.07) is 1.82. The highest BCUT2D eigenvalue weighted by Crippen LogP contribution is 2.22. The predicted molar refractivity (Wildman–Crippen MR) is 45.4 cm³/mol. The second kappa shape index (κ2) is 4.11. The minimum Gasteiger partial charge on any atom is -0.483 e. The third kappa shape index (κ3) is 1.96. The van der Waals surface area contributed by atoms with Gasteiger partial charge in [0.05, 0.1) is 6.61 Å². The molecule has 0 aromatic carbocycles. The summed E-state index contributed by atoms with van der Waals surface area (Å²) in [5.74, 6) is 0.0969. The zero-order valence-corrected chi connectivity index (χ0v) is 7.02. The van der Waals surface area contributed by atoms with Gasteiger partial charge in [0.25, 0.3) is 5.88 Å². The Hall–Kier alpha value is -2.03. The Balaban J connectivity index is 2.84. The molecule has 0 aliphatic rings. The lowest BCUT2D eigenvalue weighted by atomic mass is 10.3. The molecule has 0 saturated carbocycles. The van der Waals surface area contributed by atoms with Gasteiger partial charge in [-0.1, -0.05) is 5.16 Å². The largest absolute Gasteiger partial charge is 0.483 e. The molecule has 0 aliphatic carbocycles. The van der Waals surface area contributed by atoms with Gasteiger partial charge in [-0.05, 0) is 6.92 Å². The van der Waals surface area contributed by atoms with Crippen molar-refractivity contribution >= 4 is 18.1 Å². The van der Waals surface area contributed by atoms with Gasteiger partial charge >= 0.3 is 0 Å².